The topological polar surface area (TPSA) is 59.8 Å². The fraction of sp³-hybridized carbons (Fsp3) is 0.0455. The molecule has 5 nitrogen and oxygen atoms in total. The highest BCUT2D eigenvalue weighted by molar-refractivity contribution is 9.10. The molecule has 4 aromatic rings. The Labute approximate surface area is 189 Å². The lowest BCUT2D eigenvalue weighted by Gasteiger charge is -2.12. The smallest absolute Gasteiger partial charge is 0.255 e. The third-order valence-electron chi connectivity index (χ3n) is 4.35. The zero-order valence-corrected chi connectivity index (χ0v) is 18.3. The summed E-state index contributed by atoms with van der Waals surface area (Å²) in [5.74, 6) is -1.19. The van der Waals surface area contributed by atoms with E-state index < -0.39 is 11.7 Å². The van der Waals surface area contributed by atoms with E-state index >= 15 is 0 Å². The molecule has 0 fully saturated rings. The van der Waals surface area contributed by atoms with Gasteiger partial charge in [-0.3, -0.25) is 9.36 Å². The predicted octanol–water partition coefficient (Wildman–Crippen LogP) is 5.77. The Balaban J connectivity index is 1.57. The largest absolute Gasteiger partial charge is 0.321 e. The Morgan fingerprint density at radius 1 is 0.968 bits per heavy atom. The fourth-order valence-corrected chi connectivity index (χ4v) is 4.24. The molecule has 0 atom stereocenters. The highest BCUT2D eigenvalue weighted by Gasteiger charge is 2.16. The summed E-state index contributed by atoms with van der Waals surface area (Å²) in [6, 6.07) is 18.9. The highest BCUT2D eigenvalue weighted by Crippen LogP contribution is 2.34. The zero-order valence-electron chi connectivity index (χ0n) is 15.9. The molecule has 0 saturated carbocycles. The van der Waals surface area contributed by atoms with Gasteiger partial charge in [0.1, 0.15) is 11.6 Å². The molecule has 4 rings (SSSR count). The average Bonchev–Trinajstić information content (AvgIpc) is 3.10. The number of para-hydroxylation sites is 1. The number of rotatable bonds is 6. The second kappa shape index (κ2) is 9.40. The van der Waals surface area contributed by atoms with Crippen LogP contribution in [0, 0.1) is 11.6 Å². The van der Waals surface area contributed by atoms with E-state index in [9.17, 15) is 13.6 Å². The maximum atomic E-state index is 13.5. The molecule has 0 radical (unpaired) electrons. The van der Waals surface area contributed by atoms with Crippen LogP contribution in [0.25, 0.3) is 0 Å². The minimum atomic E-state index is -0.478. The molecule has 0 spiro atoms. The Hall–Kier alpha value is -3.04. The van der Waals surface area contributed by atoms with Crippen LogP contribution in [0.3, 0.4) is 0 Å². The van der Waals surface area contributed by atoms with Gasteiger partial charge in [0.15, 0.2) is 5.16 Å². The van der Waals surface area contributed by atoms with E-state index in [4.69, 9.17) is 0 Å². The number of amides is 1. The SMILES string of the molecule is O=C(Nc1ccccc1Sc1nnc(Br)n1Cc1ccc(F)cc1)c1cccc(F)c1. The van der Waals surface area contributed by atoms with Gasteiger partial charge in [0.25, 0.3) is 5.91 Å². The lowest BCUT2D eigenvalue weighted by atomic mass is 10.2. The van der Waals surface area contributed by atoms with Gasteiger partial charge in [-0.25, -0.2) is 8.78 Å². The van der Waals surface area contributed by atoms with Gasteiger partial charge in [-0.2, -0.15) is 0 Å². The first kappa shape index (κ1) is 21.2. The van der Waals surface area contributed by atoms with Crippen LogP contribution < -0.4 is 5.32 Å². The first-order valence-corrected chi connectivity index (χ1v) is 10.8. The maximum Gasteiger partial charge on any atom is 0.255 e. The van der Waals surface area contributed by atoms with Crippen LogP contribution in [0.2, 0.25) is 0 Å². The van der Waals surface area contributed by atoms with Crippen molar-refractivity contribution >= 4 is 39.3 Å². The molecule has 1 aromatic heterocycles. The number of hydrogen-bond acceptors (Lipinski definition) is 4. The van der Waals surface area contributed by atoms with Crippen molar-refractivity contribution in [3.8, 4) is 0 Å². The molecular formula is C22H15BrF2N4OS. The molecule has 3 aromatic carbocycles. The van der Waals surface area contributed by atoms with Gasteiger partial charge >= 0.3 is 0 Å². The Kier molecular flexibility index (Phi) is 6.43. The minimum absolute atomic E-state index is 0.224. The number of halogens is 3. The van der Waals surface area contributed by atoms with Crippen LogP contribution in [0.5, 0.6) is 0 Å². The lowest BCUT2D eigenvalue weighted by molar-refractivity contribution is 0.102. The van der Waals surface area contributed by atoms with E-state index in [1.54, 1.807) is 30.3 Å². The number of aromatic nitrogens is 3. The van der Waals surface area contributed by atoms with Crippen molar-refractivity contribution in [2.24, 2.45) is 0 Å². The number of carbonyl (C=O) groups is 1. The van der Waals surface area contributed by atoms with Crippen LogP contribution in [0.15, 0.2) is 87.6 Å². The van der Waals surface area contributed by atoms with E-state index in [-0.39, 0.29) is 11.4 Å². The van der Waals surface area contributed by atoms with Crippen LogP contribution in [0.1, 0.15) is 15.9 Å². The molecule has 0 saturated heterocycles. The number of carbonyl (C=O) groups excluding carboxylic acids is 1. The van der Waals surface area contributed by atoms with E-state index in [1.165, 1.54) is 42.1 Å². The first-order chi connectivity index (χ1) is 15.0. The fourth-order valence-electron chi connectivity index (χ4n) is 2.83. The van der Waals surface area contributed by atoms with Crippen molar-refractivity contribution in [2.75, 3.05) is 5.32 Å². The summed E-state index contributed by atoms with van der Waals surface area (Å²) in [4.78, 5) is 13.3. The van der Waals surface area contributed by atoms with E-state index in [0.29, 0.717) is 22.1 Å². The molecule has 156 valence electrons. The molecule has 31 heavy (non-hydrogen) atoms. The lowest BCUT2D eigenvalue weighted by Crippen LogP contribution is -2.12. The van der Waals surface area contributed by atoms with Crippen LogP contribution in [-0.2, 0) is 6.54 Å². The Morgan fingerprint density at radius 2 is 1.74 bits per heavy atom. The first-order valence-electron chi connectivity index (χ1n) is 9.16. The number of nitrogens with one attached hydrogen (secondary N) is 1. The summed E-state index contributed by atoms with van der Waals surface area (Å²) >= 11 is 4.72. The molecular weight excluding hydrogens is 486 g/mol. The molecule has 1 amide bonds. The maximum absolute atomic E-state index is 13.5. The molecule has 0 aliphatic carbocycles. The van der Waals surface area contributed by atoms with Crippen LogP contribution in [0.4, 0.5) is 14.5 Å². The van der Waals surface area contributed by atoms with Crippen molar-refractivity contribution in [2.45, 2.75) is 16.6 Å². The van der Waals surface area contributed by atoms with E-state index in [1.807, 2.05) is 16.7 Å². The van der Waals surface area contributed by atoms with Crippen LogP contribution >= 0.6 is 27.7 Å². The second-order valence-corrected chi connectivity index (χ2v) is 8.25. The summed E-state index contributed by atoms with van der Waals surface area (Å²) in [7, 11) is 0. The Bertz CT molecular complexity index is 1230. The van der Waals surface area contributed by atoms with Gasteiger partial charge in [-0.05, 0) is 75.7 Å². The number of nitrogens with zero attached hydrogens (tertiary/aromatic N) is 3. The summed E-state index contributed by atoms with van der Waals surface area (Å²) in [5.41, 5.74) is 1.67. The number of benzene rings is 3. The Morgan fingerprint density at radius 3 is 2.52 bits per heavy atom. The van der Waals surface area contributed by atoms with Crippen LogP contribution in [-0.4, -0.2) is 20.7 Å². The summed E-state index contributed by atoms with van der Waals surface area (Å²) in [6.07, 6.45) is 0. The van der Waals surface area contributed by atoms with Gasteiger partial charge in [-0.15, -0.1) is 10.2 Å². The van der Waals surface area contributed by atoms with Crippen molar-refractivity contribution in [1.82, 2.24) is 14.8 Å². The van der Waals surface area contributed by atoms with Gasteiger partial charge in [0.2, 0.25) is 4.73 Å². The zero-order chi connectivity index (χ0) is 21.8. The van der Waals surface area contributed by atoms with Gasteiger partial charge < -0.3 is 5.32 Å². The molecule has 0 aliphatic heterocycles. The third kappa shape index (κ3) is 5.18. The quantitative estimate of drug-likeness (QED) is 0.365. The summed E-state index contributed by atoms with van der Waals surface area (Å²) < 4.78 is 29.0. The van der Waals surface area contributed by atoms with Crippen molar-refractivity contribution in [3.05, 3.63) is 100 Å². The van der Waals surface area contributed by atoms with Gasteiger partial charge in [-0.1, -0.05) is 30.3 Å². The second-order valence-electron chi connectivity index (χ2n) is 6.53. The average molecular weight is 501 g/mol. The van der Waals surface area contributed by atoms with Gasteiger partial charge in [0, 0.05) is 10.5 Å². The van der Waals surface area contributed by atoms with Crippen molar-refractivity contribution in [1.29, 1.82) is 0 Å². The van der Waals surface area contributed by atoms with Crippen molar-refractivity contribution < 1.29 is 13.6 Å². The molecule has 1 N–H and O–H groups in total. The molecule has 0 unspecified atom stereocenters. The van der Waals surface area contributed by atoms with Gasteiger partial charge in [0.05, 0.1) is 12.2 Å². The molecule has 1 heterocycles. The predicted molar refractivity (Wildman–Crippen MR) is 118 cm³/mol. The van der Waals surface area contributed by atoms with E-state index in [2.05, 4.69) is 31.4 Å². The van der Waals surface area contributed by atoms with Crippen molar-refractivity contribution in [3.63, 3.8) is 0 Å². The summed E-state index contributed by atoms with van der Waals surface area (Å²) in [6.45, 7) is 0.439. The number of hydrogen-bond donors (Lipinski definition) is 1. The monoisotopic (exact) mass is 500 g/mol. The third-order valence-corrected chi connectivity index (χ3v) is 6.00. The molecule has 9 heteroatoms. The van der Waals surface area contributed by atoms with E-state index in [0.717, 1.165) is 10.5 Å². The summed E-state index contributed by atoms with van der Waals surface area (Å²) in [5, 5.41) is 11.7. The highest BCUT2D eigenvalue weighted by atomic mass is 79.9. The minimum Gasteiger partial charge on any atom is -0.321 e. The molecule has 0 bridgehead atoms. The standard InChI is InChI=1S/C22H15BrF2N4OS/c23-21-27-28-22(29(21)13-14-8-10-16(24)11-9-14)31-19-7-2-1-6-18(19)26-20(30)15-4-3-5-17(25)12-15/h1-12H,13H2,(H,26,30). The molecule has 0 aliphatic rings. The number of anilines is 1. The normalized spacial score (nSPS) is 10.8.